The van der Waals surface area contributed by atoms with Crippen molar-refractivity contribution in [3.8, 4) is 0 Å². The molecule has 0 saturated carbocycles. The highest BCUT2D eigenvalue weighted by Gasteiger charge is 2.18. The first-order valence-electron chi connectivity index (χ1n) is 7.30. The summed E-state index contributed by atoms with van der Waals surface area (Å²) in [7, 11) is 0. The van der Waals surface area contributed by atoms with Crippen LogP contribution < -0.4 is 5.32 Å². The summed E-state index contributed by atoms with van der Waals surface area (Å²) in [6.45, 7) is 7.67. The first-order chi connectivity index (χ1) is 10.5. The lowest BCUT2D eigenvalue weighted by Gasteiger charge is -2.17. The molecule has 1 heterocycles. The minimum atomic E-state index is -0.208. The van der Waals surface area contributed by atoms with Gasteiger partial charge in [-0.05, 0) is 39.3 Å². The zero-order valence-electron chi connectivity index (χ0n) is 13.3. The van der Waals surface area contributed by atoms with Gasteiger partial charge in [0.1, 0.15) is 10.9 Å². The first-order valence-corrected chi connectivity index (χ1v) is 8.18. The quantitative estimate of drug-likeness (QED) is 0.678. The molecule has 22 heavy (non-hydrogen) atoms. The minimum absolute atomic E-state index is 0.00868. The van der Waals surface area contributed by atoms with Gasteiger partial charge in [0.25, 0.3) is 0 Å². The maximum Gasteiger partial charge on any atom is 0.233 e. The van der Waals surface area contributed by atoms with Gasteiger partial charge in [-0.15, -0.1) is 0 Å². The third-order valence-corrected chi connectivity index (χ3v) is 4.29. The van der Waals surface area contributed by atoms with Gasteiger partial charge in [0.15, 0.2) is 0 Å². The number of rotatable bonds is 5. The number of carbonyl (C=O) groups excluding carboxylic acids is 1. The van der Waals surface area contributed by atoms with E-state index in [9.17, 15) is 4.79 Å². The molecule has 5 heteroatoms. The molecule has 1 N–H and O–H groups in total. The Morgan fingerprint density at radius 1 is 1.14 bits per heavy atom. The van der Waals surface area contributed by atoms with Crippen LogP contribution in [0.2, 0.25) is 0 Å². The highest BCUT2D eigenvalue weighted by atomic mass is 32.2. The third-order valence-electron chi connectivity index (χ3n) is 3.27. The van der Waals surface area contributed by atoms with Gasteiger partial charge in [0.2, 0.25) is 5.91 Å². The van der Waals surface area contributed by atoms with Gasteiger partial charge in [-0.25, -0.2) is 9.97 Å². The molecule has 0 bridgehead atoms. The Kier molecular flexibility index (Phi) is 5.55. The number of hydrogen-bond acceptors (Lipinski definition) is 4. The summed E-state index contributed by atoms with van der Waals surface area (Å²) in [5, 5.41) is 3.67. The number of amides is 1. The number of thioether (sulfide) groups is 1. The number of nitrogens with one attached hydrogen (secondary N) is 1. The molecule has 1 amide bonds. The van der Waals surface area contributed by atoms with E-state index >= 15 is 0 Å². The van der Waals surface area contributed by atoms with Crippen LogP contribution in [0.15, 0.2) is 41.4 Å². The van der Waals surface area contributed by atoms with E-state index in [0.29, 0.717) is 0 Å². The number of benzene rings is 1. The van der Waals surface area contributed by atoms with Crippen molar-refractivity contribution >= 4 is 17.7 Å². The molecule has 0 saturated heterocycles. The van der Waals surface area contributed by atoms with Crippen molar-refractivity contribution in [1.29, 1.82) is 0 Å². The predicted octanol–water partition coefficient (Wildman–Crippen LogP) is 3.45. The average molecular weight is 315 g/mol. The molecule has 0 aliphatic rings. The smallest absolute Gasteiger partial charge is 0.233 e. The fraction of sp³-hybridized carbons (Fsp3) is 0.353. The van der Waals surface area contributed by atoms with Crippen LogP contribution in [0, 0.1) is 13.8 Å². The largest absolute Gasteiger partial charge is 0.349 e. The second-order valence-electron chi connectivity index (χ2n) is 5.30. The number of aryl methyl sites for hydroxylation is 2. The number of aromatic nitrogens is 2. The molecule has 2 rings (SSSR count). The summed E-state index contributed by atoms with van der Waals surface area (Å²) in [5.74, 6) is 0.739. The van der Waals surface area contributed by atoms with Crippen LogP contribution in [0.4, 0.5) is 0 Å². The van der Waals surface area contributed by atoms with Gasteiger partial charge in [0, 0.05) is 5.69 Å². The Balaban J connectivity index is 1.97. The molecule has 0 radical (unpaired) electrons. The Bertz CT molecular complexity index is 625. The SMILES string of the molecule is Cc1cc(SC(C)C(=O)NC(C)c2ccccc2)nc(C)n1. The number of carbonyl (C=O) groups is 1. The maximum atomic E-state index is 12.3. The predicted molar refractivity (Wildman–Crippen MR) is 89.8 cm³/mol. The van der Waals surface area contributed by atoms with Crippen molar-refractivity contribution < 1.29 is 4.79 Å². The van der Waals surface area contributed by atoms with Gasteiger partial charge in [-0.1, -0.05) is 42.1 Å². The molecule has 2 atom stereocenters. The molecule has 1 aromatic carbocycles. The fourth-order valence-electron chi connectivity index (χ4n) is 2.13. The normalized spacial score (nSPS) is 13.5. The summed E-state index contributed by atoms with van der Waals surface area (Å²) in [4.78, 5) is 20.9. The lowest BCUT2D eigenvalue weighted by Crippen LogP contribution is -2.33. The molecule has 116 valence electrons. The fourth-order valence-corrected chi connectivity index (χ4v) is 3.09. The minimum Gasteiger partial charge on any atom is -0.349 e. The molecular weight excluding hydrogens is 294 g/mol. The van der Waals surface area contributed by atoms with Crippen LogP contribution in [-0.2, 0) is 4.79 Å². The topological polar surface area (TPSA) is 54.9 Å². The summed E-state index contributed by atoms with van der Waals surface area (Å²) < 4.78 is 0. The Morgan fingerprint density at radius 3 is 2.45 bits per heavy atom. The van der Waals surface area contributed by atoms with Crippen molar-refractivity contribution in [2.24, 2.45) is 0 Å². The summed E-state index contributed by atoms with van der Waals surface area (Å²) in [5.41, 5.74) is 2.02. The molecule has 1 aromatic heterocycles. The van der Waals surface area contributed by atoms with E-state index in [4.69, 9.17) is 0 Å². The highest BCUT2D eigenvalue weighted by Crippen LogP contribution is 2.23. The Labute approximate surface area is 135 Å². The summed E-state index contributed by atoms with van der Waals surface area (Å²) in [6.07, 6.45) is 0. The van der Waals surface area contributed by atoms with Gasteiger partial charge in [0.05, 0.1) is 11.3 Å². The lowest BCUT2D eigenvalue weighted by molar-refractivity contribution is -0.120. The van der Waals surface area contributed by atoms with E-state index in [1.807, 2.05) is 64.1 Å². The van der Waals surface area contributed by atoms with Crippen molar-refractivity contribution in [2.75, 3.05) is 0 Å². The first kappa shape index (κ1) is 16.5. The van der Waals surface area contributed by atoms with E-state index in [1.54, 1.807) is 0 Å². The second kappa shape index (κ2) is 7.40. The van der Waals surface area contributed by atoms with Gasteiger partial charge >= 0.3 is 0 Å². The van der Waals surface area contributed by atoms with Crippen LogP contribution in [0.3, 0.4) is 0 Å². The van der Waals surface area contributed by atoms with Crippen molar-refractivity contribution in [2.45, 2.75) is 44.0 Å². The molecular formula is C17H21N3OS. The number of hydrogen-bond donors (Lipinski definition) is 1. The molecule has 2 aromatic rings. The standard InChI is InChI=1S/C17H21N3OS/c1-11-10-16(20-14(4)18-11)22-13(3)17(21)19-12(2)15-8-6-5-7-9-15/h5-10,12-13H,1-4H3,(H,19,21). The van der Waals surface area contributed by atoms with Crippen LogP contribution in [-0.4, -0.2) is 21.1 Å². The zero-order chi connectivity index (χ0) is 16.1. The van der Waals surface area contributed by atoms with Crippen molar-refractivity contribution in [3.63, 3.8) is 0 Å². The van der Waals surface area contributed by atoms with Crippen LogP contribution >= 0.6 is 11.8 Å². The Morgan fingerprint density at radius 2 is 1.82 bits per heavy atom. The highest BCUT2D eigenvalue weighted by molar-refractivity contribution is 8.00. The van der Waals surface area contributed by atoms with Gasteiger partial charge in [-0.2, -0.15) is 0 Å². The summed E-state index contributed by atoms with van der Waals surface area (Å²) >= 11 is 1.45. The van der Waals surface area contributed by atoms with Crippen molar-refractivity contribution in [3.05, 3.63) is 53.5 Å². The van der Waals surface area contributed by atoms with Gasteiger partial charge in [-0.3, -0.25) is 4.79 Å². The van der Waals surface area contributed by atoms with Crippen LogP contribution in [0.1, 0.15) is 37.0 Å². The monoisotopic (exact) mass is 315 g/mol. The average Bonchev–Trinajstić information content (AvgIpc) is 2.46. The van der Waals surface area contributed by atoms with E-state index in [0.717, 1.165) is 22.1 Å². The molecule has 0 spiro atoms. The van der Waals surface area contributed by atoms with Gasteiger partial charge < -0.3 is 5.32 Å². The number of nitrogens with zero attached hydrogens (tertiary/aromatic N) is 2. The zero-order valence-corrected chi connectivity index (χ0v) is 14.1. The molecule has 4 nitrogen and oxygen atoms in total. The summed E-state index contributed by atoms with van der Waals surface area (Å²) in [6, 6.07) is 11.8. The van der Waals surface area contributed by atoms with E-state index < -0.39 is 0 Å². The Hall–Kier alpha value is -1.88. The second-order valence-corrected chi connectivity index (χ2v) is 6.66. The lowest BCUT2D eigenvalue weighted by atomic mass is 10.1. The van der Waals surface area contributed by atoms with E-state index in [2.05, 4.69) is 15.3 Å². The van der Waals surface area contributed by atoms with E-state index in [-0.39, 0.29) is 17.2 Å². The molecule has 0 aliphatic heterocycles. The molecule has 0 aliphatic carbocycles. The third kappa shape index (κ3) is 4.56. The molecule has 2 unspecified atom stereocenters. The maximum absolute atomic E-state index is 12.3. The van der Waals surface area contributed by atoms with E-state index in [1.165, 1.54) is 11.8 Å². The van der Waals surface area contributed by atoms with Crippen LogP contribution in [0.25, 0.3) is 0 Å². The van der Waals surface area contributed by atoms with Crippen LogP contribution in [0.5, 0.6) is 0 Å². The molecule has 0 fully saturated rings. The van der Waals surface area contributed by atoms with Crippen molar-refractivity contribution in [1.82, 2.24) is 15.3 Å².